The van der Waals surface area contributed by atoms with Crippen molar-refractivity contribution in [3.8, 4) is 22.0 Å². The molecule has 0 atom stereocenters. The minimum absolute atomic E-state index is 0.780. The fraction of sp³-hybridized carbons (Fsp3) is 0.190. The fourth-order valence-corrected chi connectivity index (χ4v) is 4.74. The molecule has 0 amide bonds. The predicted molar refractivity (Wildman–Crippen MR) is 113 cm³/mol. The third-order valence-corrected chi connectivity index (χ3v) is 6.37. The van der Waals surface area contributed by atoms with E-state index in [0.29, 0.717) is 0 Å². The summed E-state index contributed by atoms with van der Waals surface area (Å²) in [5.74, 6) is 1.67. The molecule has 0 aliphatic heterocycles. The first kappa shape index (κ1) is 17.9. The van der Waals surface area contributed by atoms with Gasteiger partial charge in [0.2, 0.25) is 0 Å². The zero-order valence-corrected chi connectivity index (χ0v) is 17.1. The number of hydrogen-bond donors (Lipinski definition) is 0. The molecule has 0 N–H and O–H groups in total. The van der Waals surface area contributed by atoms with Crippen molar-refractivity contribution in [2.75, 3.05) is 0 Å². The zero-order valence-electron chi connectivity index (χ0n) is 15.5. The maximum Gasteiger partial charge on any atom is 0.191 e. The van der Waals surface area contributed by atoms with Crippen molar-refractivity contribution in [3.05, 3.63) is 70.7 Å². The normalized spacial score (nSPS) is 11.1. The van der Waals surface area contributed by atoms with Gasteiger partial charge in [0.25, 0.3) is 0 Å². The van der Waals surface area contributed by atoms with Crippen LogP contribution in [0.3, 0.4) is 0 Å². The molecule has 2 heterocycles. The van der Waals surface area contributed by atoms with Crippen LogP contribution in [0.25, 0.3) is 22.0 Å². The van der Waals surface area contributed by atoms with Gasteiger partial charge in [0.05, 0.1) is 5.69 Å². The minimum atomic E-state index is 0.780. The van der Waals surface area contributed by atoms with Gasteiger partial charge in [-0.1, -0.05) is 59.8 Å². The number of thiazole rings is 1. The van der Waals surface area contributed by atoms with E-state index < -0.39 is 0 Å². The molecule has 0 spiro atoms. The molecule has 27 heavy (non-hydrogen) atoms. The summed E-state index contributed by atoms with van der Waals surface area (Å²) in [7, 11) is 2.01. The van der Waals surface area contributed by atoms with Gasteiger partial charge in [0.1, 0.15) is 5.01 Å². The Bertz CT molecular complexity index is 1080. The highest BCUT2D eigenvalue weighted by molar-refractivity contribution is 7.98. The largest absolute Gasteiger partial charge is 0.305 e. The first-order chi connectivity index (χ1) is 13.1. The first-order valence-corrected chi connectivity index (χ1v) is 10.6. The third kappa shape index (κ3) is 3.82. The van der Waals surface area contributed by atoms with E-state index in [1.807, 2.05) is 11.6 Å². The summed E-state index contributed by atoms with van der Waals surface area (Å²) in [5.41, 5.74) is 5.84. The Morgan fingerprint density at radius 2 is 1.89 bits per heavy atom. The van der Waals surface area contributed by atoms with Gasteiger partial charge in [-0.3, -0.25) is 0 Å². The van der Waals surface area contributed by atoms with Gasteiger partial charge in [0, 0.05) is 29.3 Å². The molecule has 0 saturated heterocycles. The fourth-order valence-electron chi connectivity index (χ4n) is 2.92. The highest BCUT2D eigenvalue weighted by atomic mass is 32.2. The van der Waals surface area contributed by atoms with Crippen molar-refractivity contribution in [2.45, 2.75) is 24.8 Å². The van der Waals surface area contributed by atoms with Crippen LogP contribution in [-0.4, -0.2) is 19.7 Å². The van der Waals surface area contributed by atoms with Crippen LogP contribution in [0, 0.1) is 13.8 Å². The zero-order chi connectivity index (χ0) is 18.8. The predicted octanol–water partition coefficient (Wildman–Crippen LogP) is 5.51. The van der Waals surface area contributed by atoms with E-state index in [9.17, 15) is 0 Å². The molecule has 136 valence electrons. The average molecular weight is 393 g/mol. The summed E-state index contributed by atoms with van der Waals surface area (Å²) >= 11 is 3.36. The lowest BCUT2D eigenvalue weighted by Crippen LogP contribution is -1.95. The van der Waals surface area contributed by atoms with Crippen molar-refractivity contribution in [1.29, 1.82) is 0 Å². The van der Waals surface area contributed by atoms with Crippen LogP contribution >= 0.6 is 23.1 Å². The molecule has 0 radical (unpaired) electrons. The van der Waals surface area contributed by atoms with Gasteiger partial charge in [-0.15, -0.1) is 21.5 Å². The van der Waals surface area contributed by atoms with Crippen LogP contribution in [-0.2, 0) is 12.8 Å². The van der Waals surface area contributed by atoms with Gasteiger partial charge in [-0.25, -0.2) is 4.98 Å². The lowest BCUT2D eigenvalue weighted by atomic mass is 10.1. The molecule has 2 aromatic heterocycles. The van der Waals surface area contributed by atoms with Gasteiger partial charge in [0.15, 0.2) is 11.0 Å². The van der Waals surface area contributed by atoms with Crippen LogP contribution in [0.15, 0.2) is 59.1 Å². The smallest absolute Gasteiger partial charge is 0.191 e. The summed E-state index contributed by atoms with van der Waals surface area (Å²) in [4.78, 5) is 4.80. The van der Waals surface area contributed by atoms with E-state index >= 15 is 0 Å². The molecule has 0 saturated carbocycles. The Labute approximate surface area is 167 Å². The molecule has 0 aliphatic carbocycles. The van der Waals surface area contributed by atoms with Gasteiger partial charge in [-0.05, 0) is 25.5 Å². The number of benzene rings is 2. The molecule has 0 fully saturated rings. The van der Waals surface area contributed by atoms with E-state index in [-0.39, 0.29) is 0 Å². The van der Waals surface area contributed by atoms with Crippen molar-refractivity contribution >= 4 is 23.1 Å². The van der Waals surface area contributed by atoms with Gasteiger partial charge >= 0.3 is 0 Å². The van der Waals surface area contributed by atoms with E-state index in [1.54, 1.807) is 23.1 Å². The molecular weight excluding hydrogens is 372 g/mol. The second-order valence-corrected chi connectivity index (χ2v) is 8.28. The Morgan fingerprint density at radius 1 is 1.04 bits per heavy atom. The molecule has 4 aromatic rings. The Balaban J connectivity index is 1.50. The molecule has 4 rings (SSSR count). The minimum Gasteiger partial charge on any atom is -0.305 e. The maximum atomic E-state index is 4.80. The topological polar surface area (TPSA) is 43.6 Å². The summed E-state index contributed by atoms with van der Waals surface area (Å²) in [6.07, 6.45) is 0. The molecule has 2 aromatic carbocycles. The number of aromatic nitrogens is 4. The highest BCUT2D eigenvalue weighted by Crippen LogP contribution is 2.30. The number of rotatable bonds is 5. The number of thioether (sulfide) groups is 1. The SMILES string of the molecule is Cc1cccc(-c2nnc(SCc3csc(-c4ccccc4C)n3)n2C)c1. The summed E-state index contributed by atoms with van der Waals surface area (Å²) < 4.78 is 2.05. The average Bonchev–Trinajstić information content (AvgIpc) is 3.27. The molecule has 0 unspecified atom stereocenters. The van der Waals surface area contributed by atoms with E-state index in [1.165, 1.54) is 16.7 Å². The first-order valence-electron chi connectivity index (χ1n) is 8.71. The van der Waals surface area contributed by atoms with Crippen molar-refractivity contribution in [1.82, 2.24) is 19.7 Å². The van der Waals surface area contributed by atoms with Crippen LogP contribution in [0.5, 0.6) is 0 Å². The highest BCUT2D eigenvalue weighted by Gasteiger charge is 2.13. The Morgan fingerprint density at radius 3 is 2.70 bits per heavy atom. The molecule has 6 heteroatoms. The third-order valence-electron chi connectivity index (χ3n) is 4.39. The van der Waals surface area contributed by atoms with E-state index in [4.69, 9.17) is 4.98 Å². The second-order valence-electron chi connectivity index (χ2n) is 6.48. The van der Waals surface area contributed by atoms with Crippen molar-refractivity contribution in [3.63, 3.8) is 0 Å². The molecule has 0 aliphatic rings. The number of aryl methyl sites for hydroxylation is 2. The van der Waals surface area contributed by atoms with Crippen LogP contribution < -0.4 is 0 Å². The van der Waals surface area contributed by atoms with Crippen LogP contribution in [0.2, 0.25) is 0 Å². The van der Waals surface area contributed by atoms with E-state index in [2.05, 4.69) is 78.0 Å². The quantitative estimate of drug-likeness (QED) is 0.420. The van der Waals surface area contributed by atoms with Crippen molar-refractivity contribution < 1.29 is 0 Å². The Hall–Kier alpha value is -2.44. The number of hydrogen-bond acceptors (Lipinski definition) is 5. The van der Waals surface area contributed by atoms with Crippen molar-refractivity contribution in [2.24, 2.45) is 7.05 Å². The summed E-state index contributed by atoms with van der Waals surface area (Å²) in [6.45, 7) is 4.21. The maximum absolute atomic E-state index is 4.80. The second kappa shape index (κ2) is 7.66. The van der Waals surface area contributed by atoms with E-state index in [0.717, 1.165) is 33.0 Å². The molecule has 4 nitrogen and oxygen atoms in total. The monoisotopic (exact) mass is 392 g/mol. The lowest BCUT2D eigenvalue weighted by Gasteiger charge is -2.04. The van der Waals surface area contributed by atoms with Crippen LogP contribution in [0.1, 0.15) is 16.8 Å². The summed E-state index contributed by atoms with van der Waals surface area (Å²) in [6, 6.07) is 16.7. The number of nitrogens with zero attached hydrogens (tertiary/aromatic N) is 4. The van der Waals surface area contributed by atoms with Gasteiger partial charge in [-0.2, -0.15) is 0 Å². The Kier molecular flexibility index (Phi) is 5.09. The molecule has 0 bridgehead atoms. The van der Waals surface area contributed by atoms with Crippen LogP contribution in [0.4, 0.5) is 0 Å². The van der Waals surface area contributed by atoms with Gasteiger partial charge < -0.3 is 4.57 Å². The molecular formula is C21H20N4S2. The standard InChI is InChI=1S/C21H20N4S2/c1-14-7-6-9-16(11-14)19-23-24-21(25(19)3)27-13-17-12-26-20(22-17)18-10-5-4-8-15(18)2/h4-12H,13H2,1-3H3. The summed E-state index contributed by atoms with van der Waals surface area (Å²) in [5, 5.41) is 12.8. The lowest BCUT2D eigenvalue weighted by molar-refractivity contribution is 0.793.